The largest absolute Gasteiger partial charge is 0.453 e. The monoisotopic (exact) mass is 248 g/mol. The fourth-order valence-corrected chi connectivity index (χ4v) is 2.05. The second kappa shape index (κ2) is 5.03. The molecular formula is C10H15F3N4. The van der Waals surface area contributed by atoms with Crippen LogP contribution in [0, 0.1) is 5.92 Å². The predicted octanol–water partition coefficient (Wildman–Crippen LogP) is 1.76. The summed E-state index contributed by atoms with van der Waals surface area (Å²) in [7, 11) is 0. The Morgan fingerprint density at radius 1 is 1.35 bits per heavy atom. The zero-order valence-electron chi connectivity index (χ0n) is 9.35. The van der Waals surface area contributed by atoms with Crippen molar-refractivity contribution in [2.75, 3.05) is 13.1 Å². The topological polar surface area (TPSA) is 53.6 Å². The van der Waals surface area contributed by atoms with E-state index in [2.05, 4.69) is 20.5 Å². The van der Waals surface area contributed by atoms with Crippen LogP contribution in [0.3, 0.4) is 0 Å². The van der Waals surface area contributed by atoms with E-state index in [9.17, 15) is 13.2 Å². The minimum Gasteiger partial charge on any atom is -0.316 e. The average Bonchev–Trinajstić information content (AvgIpc) is 2.76. The zero-order chi connectivity index (χ0) is 12.3. The molecule has 1 saturated heterocycles. The van der Waals surface area contributed by atoms with Gasteiger partial charge in [0.1, 0.15) is 5.82 Å². The van der Waals surface area contributed by atoms with E-state index in [-0.39, 0.29) is 0 Å². The molecule has 1 aliphatic rings. The fourth-order valence-electron chi connectivity index (χ4n) is 2.05. The lowest BCUT2D eigenvalue weighted by atomic mass is 9.95. The van der Waals surface area contributed by atoms with Crippen LogP contribution in [0.2, 0.25) is 0 Å². The minimum absolute atomic E-state index is 0.322. The lowest BCUT2D eigenvalue weighted by molar-refractivity contribution is -0.144. The number of rotatable bonds is 3. The summed E-state index contributed by atoms with van der Waals surface area (Å²) < 4.78 is 36.7. The summed E-state index contributed by atoms with van der Waals surface area (Å²) in [5.41, 5.74) is 0. The maximum Gasteiger partial charge on any atom is 0.453 e. The van der Waals surface area contributed by atoms with E-state index in [1.54, 1.807) is 0 Å². The highest BCUT2D eigenvalue weighted by atomic mass is 19.4. The highest BCUT2D eigenvalue weighted by Gasteiger charge is 2.35. The number of piperidine rings is 1. The molecule has 0 saturated carbocycles. The molecule has 2 rings (SSSR count). The highest BCUT2D eigenvalue weighted by molar-refractivity contribution is 4.94. The van der Waals surface area contributed by atoms with Crippen molar-refractivity contribution in [3.63, 3.8) is 0 Å². The van der Waals surface area contributed by atoms with Crippen molar-refractivity contribution in [1.82, 2.24) is 20.5 Å². The molecule has 4 nitrogen and oxygen atoms in total. The van der Waals surface area contributed by atoms with Gasteiger partial charge in [-0.25, -0.2) is 4.98 Å². The van der Waals surface area contributed by atoms with Crippen LogP contribution >= 0.6 is 0 Å². The second-order valence-electron chi connectivity index (χ2n) is 4.35. The Balaban J connectivity index is 1.84. The normalized spacial score (nSPS) is 21.7. The van der Waals surface area contributed by atoms with Gasteiger partial charge >= 0.3 is 6.18 Å². The highest BCUT2D eigenvalue weighted by Crippen LogP contribution is 2.26. The van der Waals surface area contributed by atoms with Crippen LogP contribution in [0.15, 0.2) is 0 Å². The Bertz CT molecular complexity index is 355. The Morgan fingerprint density at radius 3 is 2.76 bits per heavy atom. The molecule has 2 N–H and O–H groups in total. The van der Waals surface area contributed by atoms with Gasteiger partial charge in [0.25, 0.3) is 5.82 Å². The van der Waals surface area contributed by atoms with E-state index in [1.807, 2.05) is 0 Å². The van der Waals surface area contributed by atoms with Crippen LogP contribution in [-0.2, 0) is 12.6 Å². The number of nitrogens with zero attached hydrogens (tertiary/aromatic N) is 2. The second-order valence-corrected chi connectivity index (χ2v) is 4.35. The molecule has 1 fully saturated rings. The number of aromatic amines is 1. The number of H-pyrrole nitrogens is 1. The molecule has 7 heteroatoms. The molecule has 1 atom stereocenters. The van der Waals surface area contributed by atoms with Gasteiger partial charge in [0.2, 0.25) is 0 Å². The Labute approximate surface area is 97.0 Å². The summed E-state index contributed by atoms with van der Waals surface area (Å²) in [5.74, 6) is -0.222. The van der Waals surface area contributed by atoms with Gasteiger partial charge in [0.05, 0.1) is 0 Å². The summed E-state index contributed by atoms with van der Waals surface area (Å²) in [4.78, 5) is 3.45. The van der Waals surface area contributed by atoms with Gasteiger partial charge < -0.3 is 5.32 Å². The third kappa shape index (κ3) is 3.42. The van der Waals surface area contributed by atoms with E-state index in [1.165, 1.54) is 0 Å². The van der Waals surface area contributed by atoms with Crippen molar-refractivity contribution in [1.29, 1.82) is 0 Å². The lowest BCUT2D eigenvalue weighted by Gasteiger charge is -2.21. The summed E-state index contributed by atoms with van der Waals surface area (Å²) in [6.45, 7) is 1.98. The van der Waals surface area contributed by atoms with Gasteiger partial charge in [0, 0.05) is 6.42 Å². The lowest BCUT2D eigenvalue weighted by Crippen LogP contribution is -2.30. The standard InChI is InChI=1S/C10H15F3N4/c11-10(12,13)9-15-8(16-17-9)4-3-7-2-1-5-14-6-7/h7,14H,1-6H2,(H,15,16,17). The molecule has 0 radical (unpaired) electrons. The molecule has 1 unspecified atom stereocenters. The SMILES string of the molecule is FC(F)(F)c1n[nH]c(CCC2CCCNC2)n1. The van der Waals surface area contributed by atoms with Crippen molar-refractivity contribution >= 4 is 0 Å². The van der Waals surface area contributed by atoms with E-state index in [0.29, 0.717) is 18.2 Å². The van der Waals surface area contributed by atoms with Crippen LogP contribution in [-0.4, -0.2) is 28.3 Å². The number of alkyl halides is 3. The van der Waals surface area contributed by atoms with E-state index in [0.717, 1.165) is 32.4 Å². The summed E-state index contributed by atoms with van der Waals surface area (Å²) in [6.07, 6.45) is -0.821. The Morgan fingerprint density at radius 2 is 2.18 bits per heavy atom. The number of aryl methyl sites for hydroxylation is 1. The van der Waals surface area contributed by atoms with Crippen LogP contribution < -0.4 is 5.32 Å². The van der Waals surface area contributed by atoms with Crippen molar-refractivity contribution in [3.05, 3.63) is 11.6 Å². The van der Waals surface area contributed by atoms with Crippen LogP contribution in [0.1, 0.15) is 30.9 Å². The summed E-state index contributed by atoms with van der Waals surface area (Å²) in [6, 6.07) is 0. The average molecular weight is 248 g/mol. The van der Waals surface area contributed by atoms with Crippen molar-refractivity contribution < 1.29 is 13.2 Å². The van der Waals surface area contributed by atoms with Crippen molar-refractivity contribution in [3.8, 4) is 0 Å². The zero-order valence-corrected chi connectivity index (χ0v) is 9.35. The first-order valence-electron chi connectivity index (χ1n) is 5.75. The molecule has 1 aromatic heterocycles. The first-order chi connectivity index (χ1) is 8.05. The van der Waals surface area contributed by atoms with Crippen LogP contribution in [0.4, 0.5) is 13.2 Å². The van der Waals surface area contributed by atoms with E-state index in [4.69, 9.17) is 0 Å². The first kappa shape index (κ1) is 12.3. The maximum absolute atomic E-state index is 12.2. The van der Waals surface area contributed by atoms with Gasteiger partial charge in [-0.1, -0.05) is 0 Å². The molecular weight excluding hydrogens is 233 g/mol. The fraction of sp³-hybridized carbons (Fsp3) is 0.800. The molecule has 1 aromatic rings. The predicted molar refractivity (Wildman–Crippen MR) is 55.3 cm³/mol. The van der Waals surface area contributed by atoms with Gasteiger partial charge in [-0.3, -0.25) is 5.10 Å². The summed E-state index contributed by atoms with van der Waals surface area (Å²) >= 11 is 0. The molecule has 0 aromatic carbocycles. The third-order valence-corrected chi connectivity index (χ3v) is 2.97. The van der Waals surface area contributed by atoms with E-state index < -0.39 is 12.0 Å². The molecule has 17 heavy (non-hydrogen) atoms. The number of hydrogen-bond donors (Lipinski definition) is 2. The number of nitrogens with one attached hydrogen (secondary N) is 2. The Hall–Kier alpha value is -1.11. The van der Waals surface area contributed by atoms with Gasteiger partial charge in [-0.2, -0.15) is 13.2 Å². The van der Waals surface area contributed by atoms with Gasteiger partial charge in [-0.05, 0) is 38.3 Å². The molecule has 2 heterocycles. The maximum atomic E-state index is 12.2. The summed E-state index contributed by atoms with van der Waals surface area (Å²) in [5, 5.41) is 8.80. The quantitative estimate of drug-likeness (QED) is 0.857. The molecule has 0 bridgehead atoms. The third-order valence-electron chi connectivity index (χ3n) is 2.97. The minimum atomic E-state index is -4.46. The number of aromatic nitrogens is 3. The van der Waals surface area contributed by atoms with Crippen LogP contribution in [0.25, 0.3) is 0 Å². The first-order valence-corrected chi connectivity index (χ1v) is 5.75. The molecule has 1 aliphatic heterocycles. The van der Waals surface area contributed by atoms with Crippen molar-refractivity contribution in [2.45, 2.75) is 31.9 Å². The molecule has 0 spiro atoms. The Kier molecular flexibility index (Phi) is 3.66. The smallest absolute Gasteiger partial charge is 0.316 e. The van der Waals surface area contributed by atoms with Gasteiger partial charge in [0.15, 0.2) is 0 Å². The van der Waals surface area contributed by atoms with E-state index >= 15 is 0 Å². The molecule has 0 amide bonds. The van der Waals surface area contributed by atoms with Crippen molar-refractivity contribution in [2.24, 2.45) is 5.92 Å². The molecule has 0 aliphatic carbocycles. The number of halogens is 3. The number of hydrogen-bond acceptors (Lipinski definition) is 3. The van der Waals surface area contributed by atoms with Gasteiger partial charge in [-0.15, -0.1) is 5.10 Å². The van der Waals surface area contributed by atoms with Crippen LogP contribution in [0.5, 0.6) is 0 Å². The molecule has 96 valence electrons.